The zero-order valence-electron chi connectivity index (χ0n) is 12.5. The SMILES string of the molecule is Cc1nn(CCc2nnc(-c3c(N)cnn3C)o2)c(C)c1Cl. The van der Waals surface area contributed by atoms with Crippen molar-refractivity contribution in [1.82, 2.24) is 29.8 Å². The van der Waals surface area contributed by atoms with Crippen LogP contribution < -0.4 is 5.73 Å². The Kier molecular flexibility index (Phi) is 3.61. The minimum atomic E-state index is 0.360. The van der Waals surface area contributed by atoms with Gasteiger partial charge in [0, 0.05) is 20.0 Å². The first kappa shape index (κ1) is 14.6. The van der Waals surface area contributed by atoms with Gasteiger partial charge in [-0.3, -0.25) is 9.36 Å². The molecular formula is C13H16ClN7O. The van der Waals surface area contributed by atoms with E-state index in [1.807, 2.05) is 18.5 Å². The van der Waals surface area contributed by atoms with Crippen molar-refractivity contribution >= 4 is 17.3 Å². The normalized spacial score (nSPS) is 11.3. The van der Waals surface area contributed by atoms with Crippen LogP contribution in [0.4, 0.5) is 5.69 Å². The fourth-order valence-corrected chi connectivity index (χ4v) is 2.40. The molecule has 9 heteroatoms. The molecule has 0 aliphatic carbocycles. The first-order chi connectivity index (χ1) is 10.5. The van der Waals surface area contributed by atoms with Crippen LogP contribution in [0.5, 0.6) is 0 Å². The van der Waals surface area contributed by atoms with E-state index in [2.05, 4.69) is 20.4 Å². The van der Waals surface area contributed by atoms with Gasteiger partial charge in [0.1, 0.15) is 5.69 Å². The molecule has 0 saturated heterocycles. The van der Waals surface area contributed by atoms with E-state index in [1.165, 1.54) is 0 Å². The van der Waals surface area contributed by atoms with Gasteiger partial charge in [0.2, 0.25) is 5.89 Å². The number of halogens is 1. The number of hydrogen-bond acceptors (Lipinski definition) is 6. The van der Waals surface area contributed by atoms with Gasteiger partial charge in [-0.25, -0.2) is 0 Å². The molecule has 8 nitrogen and oxygen atoms in total. The summed E-state index contributed by atoms with van der Waals surface area (Å²) in [5.74, 6) is 0.873. The minimum absolute atomic E-state index is 0.360. The summed E-state index contributed by atoms with van der Waals surface area (Å²) >= 11 is 6.13. The number of aromatic nitrogens is 6. The quantitative estimate of drug-likeness (QED) is 0.785. The van der Waals surface area contributed by atoms with Crippen LogP contribution in [0, 0.1) is 13.8 Å². The van der Waals surface area contributed by atoms with Crippen molar-refractivity contribution in [3.8, 4) is 11.6 Å². The lowest BCUT2D eigenvalue weighted by Crippen LogP contribution is -2.05. The maximum atomic E-state index is 6.13. The van der Waals surface area contributed by atoms with E-state index in [1.54, 1.807) is 17.9 Å². The third-order valence-electron chi connectivity index (χ3n) is 3.47. The molecule has 0 aliphatic heterocycles. The fraction of sp³-hybridized carbons (Fsp3) is 0.385. The predicted octanol–water partition coefficient (Wildman–Crippen LogP) is 1.76. The monoisotopic (exact) mass is 321 g/mol. The van der Waals surface area contributed by atoms with Crippen molar-refractivity contribution in [2.45, 2.75) is 26.8 Å². The van der Waals surface area contributed by atoms with Crippen LogP contribution >= 0.6 is 11.6 Å². The van der Waals surface area contributed by atoms with Gasteiger partial charge in [-0.05, 0) is 13.8 Å². The lowest BCUT2D eigenvalue weighted by molar-refractivity contribution is 0.469. The molecule has 2 N–H and O–H groups in total. The van der Waals surface area contributed by atoms with Crippen molar-refractivity contribution in [1.29, 1.82) is 0 Å². The Hall–Kier alpha value is -2.35. The maximum Gasteiger partial charge on any atom is 0.268 e. The predicted molar refractivity (Wildman–Crippen MR) is 81.3 cm³/mol. The Balaban J connectivity index is 1.76. The number of anilines is 1. The Labute approximate surface area is 131 Å². The van der Waals surface area contributed by atoms with Gasteiger partial charge in [-0.1, -0.05) is 11.6 Å². The summed E-state index contributed by atoms with van der Waals surface area (Å²) < 4.78 is 9.09. The molecule has 0 saturated carbocycles. The fourth-order valence-electron chi connectivity index (χ4n) is 2.26. The van der Waals surface area contributed by atoms with E-state index in [0.29, 0.717) is 41.2 Å². The Morgan fingerprint density at radius 1 is 1.32 bits per heavy atom. The second-order valence-electron chi connectivity index (χ2n) is 5.03. The molecule has 0 fully saturated rings. The second kappa shape index (κ2) is 5.45. The van der Waals surface area contributed by atoms with E-state index in [0.717, 1.165) is 11.4 Å². The summed E-state index contributed by atoms with van der Waals surface area (Å²) in [5.41, 5.74) is 8.71. The molecule has 0 amide bonds. The molecule has 22 heavy (non-hydrogen) atoms. The summed E-state index contributed by atoms with van der Waals surface area (Å²) in [7, 11) is 1.77. The van der Waals surface area contributed by atoms with Gasteiger partial charge in [0.25, 0.3) is 5.89 Å². The molecule has 3 aromatic rings. The summed E-state index contributed by atoms with van der Waals surface area (Å²) in [5, 5.41) is 17.2. The number of nitrogens with two attached hydrogens (primary N) is 1. The molecule has 0 aliphatic rings. The summed E-state index contributed by atoms with van der Waals surface area (Å²) in [6.07, 6.45) is 2.11. The molecule has 0 aromatic carbocycles. The van der Waals surface area contributed by atoms with Crippen LogP contribution in [0.25, 0.3) is 11.6 Å². The van der Waals surface area contributed by atoms with E-state index in [-0.39, 0.29) is 0 Å². The largest absolute Gasteiger partial charge is 0.419 e. The molecule has 3 heterocycles. The molecule has 3 rings (SSSR count). The molecule has 0 atom stereocenters. The molecule has 116 valence electrons. The highest BCUT2D eigenvalue weighted by molar-refractivity contribution is 6.31. The van der Waals surface area contributed by atoms with Crippen LogP contribution in [0.15, 0.2) is 10.6 Å². The number of aryl methyl sites for hydroxylation is 4. The molecule has 0 radical (unpaired) electrons. The molecule has 0 bridgehead atoms. The summed E-state index contributed by atoms with van der Waals surface area (Å²) in [6, 6.07) is 0. The Bertz CT molecular complexity index is 797. The van der Waals surface area contributed by atoms with Crippen LogP contribution in [-0.4, -0.2) is 29.8 Å². The average molecular weight is 322 g/mol. The van der Waals surface area contributed by atoms with Crippen LogP contribution in [0.1, 0.15) is 17.3 Å². The van der Waals surface area contributed by atoms with E-state index in [4.69, 9.17) is 21.8 Å². The highest BCUT2D eigenvalue weighted by atomic mass is 35.5. The number of nitrogen functional groups attached to an aromatic ring is 1. The molecule has 0 spiro atoms. The van der Waals surface area contributed by atoms with Crippen molar-refractivity contribution in [2.75, 3.05) is 5.73 Å². The zero-order chi connectivity index (χ0) is 15.9. The molecule has 3 aromatic heterocycles. The van der Waals surface area contributed by atoms with Gasteiger partial charge >= 0.3 is 0 Å². The van der Waals surface area contributed by atoms with Gasteiger partial charge in [-0.2, -0.15) is 10.2 Å². The van der Waals surface area contributed by atoms with Crippen LogP contribution in [0.3, 0.4) is 0 Å². The van der Waals surface area contributed by atoms with Crippen molar-refractivity contribution < 1.29 is 4.42 Å². The summed E-state index contributed by atoms with van der Waals surface area (Å²) in [6.45, 7) is 4.42. The Morgan fingerprint density at radius 3 is 2.68 bits per heavy atom. The summed E-state index contributed by atoms with van der Waals surface area (Å²) in [4.78, 5) is 0. The van der Waals surface area contributed by atoms with Gasteiger partial charge in [0.15, 0.2) is 0 Å². The minimum Gasteiger partial charge on any atom is -0.419 e. The lowest BCUT2D eigenvalue weighted by atomic mass is 10.3. The number of nitrogens with zero attached hydrogens (tertiary/aromatic N) is 6. The molecule has 0 unspecified atom stereocenters. The zero-order valence-corrected chi connectivity index (χ0v) is 13.3. The highest BCUT2D eigenvalue weighted by Gasteiger charge is 2.16. The standard InChI is InChI=1S/C13H16ClN7O/c1-7-11(14)8(2)21(19-7)5-4-10-17-18-13(22-10)12-9(15)6-16-20(12)3/h6H,4-5,15H2,1-3H3. The van der Waals surface area contributed by atoms with Crippen molar-refractivity contribution in [2.24, 2.45) is 7.05 Å². The van der Waals surface area contributed by atoms with Crippen LogP contribution in [-0.2, 0) is 20.0 Å². The number of rotatable bonds is 4. The van der Waals surface area contributed by atoms with E-state index >= 15 is 0 Å². The van der Waals surface area contributed by atoms with E-state index < -0.39 is 0 Å². The van der Waals surface area contributed by atoms with Crippen molar-refractivity contribution in [3.63, 3.8) is 0 Å². The van der Waals surface area contributed by atoms with Gasteiger partial charge in [0.05, 0.1) is 28.3 Å². The van der Waals surface area contributed by atoms with E-state index in [9.17, 15) is 0 Å². The molecular weight excluding hydrogens is 306 g/mol. The first-order valence-corrected chi connectivity index (χ1v) is 7.15. The average Bonchev–Trinajstić information content (AvgIpc) is 3.13. The highest BCUT2D eigenvalue weighted by Crippen LogP contribution is 2.24. The van der Waals surface area contributed by atoms with Gasteiger partial charge in [-0.15, -0.1) is 10.2 Å². The number of hydrogen-bond donors (Lipinski definition) is 1. The third kappa shape index (κ3) is 2.45. The second-order valence-corrected chi connectivity index (χ2v) is 5.41. The smallest absolute Gasteiger partial charge is 0.268 e. The van der Waals surface area contributed by atoms with Crippen LogP contribution in [0.2, 0.25) is 5.02 Å². The van der Waals surface area contributed by atoms with Crippen molar-refractivity contribution in [3.05, 3.63) is 28.5 Å². The van der Waals surface area contributed by atoms with Gasteiger partial charge < -0.3 is 10.2 Å². The topological polar surface area (TPSA) is 101 Å². The third-order valence-corrected chi connectivity index (χ3v) is 4.01. The Morgan fingerprint density at radius 2 is 2.09 bits per heavy atom. The maximum absolute atomic E-state index is 6.13. The lowest BCUT2D eigenvalue weighted by Gasteiger charge is -2.01. The first-order valence-electron chi connectivity index (χ1n) is 6.77.